The number of likely N-dealkylation sites (tertiary alicyclic amines) is 1. The molecule has 26 heavy (non-hydrogen) atoms. The molecule has 1 atom stereocenters. The third-order valence-corrected chi connectivity index (χ3v) is 7.04. The van der Waals surface area contributed by atoms with E-state index in [1.807, 2.05) is 35.4 Å². The highest BCUT2D eigenvalue weighted by molar-refractivity contribution is 7.18. The van der Waals surface area contributed by atoms with Crippen molar-refractivity contribution >= 4 is 38.8 Å². The van der Waals surface area contributed by atoms with Gasteiger partial charge in [-0.15, -0.1) is 11.3 Å². The van der Waals surface area contributed by atoms with Gasteiger partial charge in [-0.2, -0.15) is 0 Å². The van der Waals surface area contributed by atoms with Gasteiger partial charge < -0.3 is 9.47 Å². The lowest BCUT2D eigenvalue weighted by molar-refractivity contribution is -0.132. The molecule has 0 spiro atoms. The summed E-state index contributed by atoms with van der Waals surface area (Å²) in [6.45, 7) is 3.91. The number of hydrogen-bond donors (Lipinski definition) is 0. The summed E-state index contributed by atoms with van der Waals surface area (Å²) in [6, 6.07) is 8.19. The van der Waals surface area contributed by atoms with E-state index < -0.39 is 0 Å². The highest BCUT2D eigenvalue weighted by Crippen LogP contribution is 2.33. The zero-order valence-corrected chi connectivity index (χ0v) is 16.3. The Morgan fingerprint density at radius 1 is 1.35 bits per heavy atom. The molecule has 0 N–H and O–H groups in total. The molecule has 0 unspecified atom stereocenters. The number of aromatic nitrogens is 2. The lowest BCUT2D eigenvalue weighted by atomic mass is 9.98. The maximum atomic E-state index is 12.7. The molecule has 3 heterocycles. The second-order valence-electron chi connectivity index (χ2n) is 6.74. The van der Waals surface area contributed by atoms with Crippen LogP contribution in [-0.4, -0.2) is 33.4 Å². The molecule has 1 saturated heterocycles. The summed E-state index contributed by atoms with van der Waals surface area (Å²) >= 11 is 2.93. The average molecular weight is 388 g/mol. The Morgan fingerprint density at radius 2 is 2.19 bits per heavy atom. The van der Waals surface area contributed by atoms with Crippen molar-refractivity contribution in [3.05, 3.63) is 50.0 Å². The summed E-state index contributed by atoms with van der Waals surface area (Å²) in [5.41, 5.74) is 1.97. The van der Waals surface area contributed by atoms with E-state index in [0.29, 0.717) is 18.9 Å². The van der Waals surface area contributed by atoms with E-state index in [1.165, 1.54) is 16.0 Å². The van der Waals surface area contributed by atoms with E-state index in [2.05, 4.69) is 6.07 Å². The second-order valence-corrected chi connectivity index (χ2v) is 8.63. The summed E-state index contributed by atoms with van der Waals surface area (Å²) in [4.78, 5) is 31.2. The van der Waals surface area contributed by atoms with Gasteiger partial charge in [0, 0.05) is 43.0 Å². The minimum Gasteiger partial charge on any atom is -0.342 e. The average Bonchev–Trinajstić information content (AvgIpc) is 3.23. The van der Waals surface area contributed by atoms with Gasteiger partial charge in [0.1, 0.15) is 0 Å². The number of carbonyl (C=O) groups excluding carboxylic acids is 1. The summed E-state index contributed by atoms with van der Waals surface area (Å²) in [7, 11) is 0. The number of hydrogen-bond acceptors (Lipinski definition) is 5. The summed E-state index contributed by atoms with van der Waals surface area (Å²) < 4.78 is 2.90. The molecule has 7 heteroatoms. The van der Waals surface area contributed by atoms with Crippen LogP contribution in [0.25, 0.3) is 10.2 Å². The van der Waals surface area contributed by atoms with Crippen molar-refractivity contribution in [3.8, 4) is 0 Å². The molecule has 0 aliphatic carbocycles. The van der Waals surface area contributed by atoms with Crippen LogP contribution >= 0.6 is 22.7 Å². The van der Waals surface area contributed by atoms with Crippen molar-refractivity contribution in [2.75, 3.05) is 13.1 Å². The van der Waals surface area contributed by atoms with Gasteiger partial charge in [-0.3, -0.25) is 9.59 Å². The van der Waals surface area contributed by atoms with E-state index in [4.69, 9.17) is 4.98 Å². The van der Waals surface area contributed by atoms with Gasteiger partial charge in [0.05, 0.1) is 15.2 Å². The Hall–Kier alpha value is -1.99. The molecule has 1 fully saturated rings. The zero-order valence-electron chi connectivity index (χ0n) is 14.7. The van der Waals surface area contributed by atoms with Crippen LogP contribution in [0.3, 0.4) is 0 Å². The molecule has 1 aromatic carbocycles. The Morgan fingerprint density at radius 3 is 2.96 bits per heavy atom. The molecule has 5 nitrogen and oxygen atoms in total. The van der Waals surface area contributed by atoms with E-state index in [9.17, 15) is 9.59 Å². The van der Waals surface area contributed by atoms with Crippen molar-refractivity contribution in [1.29, 1.82) is 0 Å². The number of para-hydroxylation sites is 1. The van der Waals surface area contributed by atoms with Gasteiger partial charge >= 0.3 is 4.87 Å². The normalized spacial score (nSPS) is 17.7. The minimum absolute atomic E-state index is 0.0151. The molecular weight excluding hydrogens is 366 g/mol. The van der Waals surface area contributed by atoms with E-state index in [-0.39, 0.29) is 10.8 Å². The van der Waals surface area contributed by atoms with Crippen LogP contribution in [0, 0.1) is 6.92 Å². The van der Waals surface area contributed by atoms with Crippen LogP contribution < -0.4 is 4.87 Å². The molecule has 1 aliphatic heterocycles. The lowest BCUT2D eigenvalue weighted by Gasteiger charge is -2.32. The van der Waals surface area contributed by atoms with Gasteiger partial charge in [-0.05, 0) is 31.9 Å². The maximum Gasteiger partial charge on any atom is 0.307 e. The predicted octanol–water partition coefficient (Wildman–Crippen LogP) is 3.62. The van der Waals surface area contributed by atoms with Crippen molar-refractivity contribution in [2.45, 2.75) is 38.6 Å². The number of piperidine rings is 1. The Labute approximate surface area is 159 Å². The number of aryl methyl sites for hydroxylation is 1. The van der Waals surface area contributed by atoms with E-state index in [1.54, 1.807) is 15.9 Å². The van der Waals surface area contributed by atoms with Crippen LogP contribution in [0.15, 0.2) is 34.4 Å². The molecule has 1 amide bonds. The molecular formula is C19H21N3O2S2. The number of nitrogens with zero attached hydrogens (tertiary/aromatic N) is 3. The van der Waals surface area contributed by atoms with E-state index >= 15 is 0 Å². The van der Waals surface area contributed by atoms with Crippen molar-refractivity contribution in [2.24, 2.45) is 0 Å². The fourth-order valence-electron chi connectivity index (χ4n) is 3.51. The van der Waals surface area contributed by atoms with Gasteiger partial charge in [0.15, 0.2) is 0 Å². The van der Waals surface area contributed by atoms with Crippen LogP contribution in [0.1, 0.15) is 35.9 Å². The monoisotopic (exact) mass is 387 g/mol. The van der Waals surface area contributed by atoms with Gasteiger partial charge in [-0.25, -0.2) is 4.98 Å². The maximum absolute atomic E-state index is 12.7. The molecule has 4 rings (SSSR count). The molecule has 3 aromatic rings. The molecule has 136 valence electrons. The lowest BCUT2D eigenvalue weighted by Crippen LogP contribution is -2.39. The highest BCUT2D eigenvalue weighted by Gasteiger charge is 2.26. The van der Waals surface area contributed by atoms with Gasteiger partial charge in [0.2, 0.25) is 5.91 Å². The van der Waals surface area contributed by atoms with E-state index in [0.717, 1.165) is 42.1 Å². The zero-order chi connectivity index (χ0) is 18.1. The molecule has 1 aliphatic rings. The number of rotatable bonds is 4. The fraction of sp³-hybridized carbons (Fsp3) is 0.421. The van der Waals surface area contributed by atoms with Gasteiger partial charge in [-0.1, -0.05) is 23.5 Å². The van der Waals surface area contributed by atoms with Crippen molar-refractivity contribution in [3.63, 3.8) is 0 Å². The standard InChI is InChI=1S/C19H21N3O2S2/c1-13-12-25-19(24)22(13)10-8-17(23)21-9-4-5-14(11-21)18-20-15-6-2-3-7-16(15)26-18/h2-3,6-7,12,14H,4-5,8-11H2,1H3/t14-/m1/s1. The number of carbonyl (C=O) groups is 1. The smallest absolute Gasteiger partial charge is 0.307 e. The Balaban J connectivity index is 1.42. The summed E-state index contributed by atoms with van der Waals surface area (Å²) in [6.07, 6.45) is 2.46. The van der Waals surface area contributed by atoms with Crippen molar-refractivity contribution in [1.82, 2.24) is 14.5 Å². The number of benzene rings is 1. The number of amides is 1. The quantitative estimate of drug-likeness (QED) is 0.687. The highest BCUT2D eigenvalue weighted by atomic mass is 32.1. The minimum atomic E-state index is 0.0151. The first-order valence-corrected chi connectivity index (χ1v) is 10.6. The summed E-state index contributed by atoms with van der Waals surface area (Å²) in [5, 5.41) is 2.98. The number of fused-ring (bicyclic) bond motifs is 1. The fourth-order valence-corrected chi connectivity index (χ4v) is 5.36. The number of thiazole rings is 2. The Bertz CT molecular complexity index is 955. The van der Waals surface area contributed by atoms with Gasteiger partial charge in [0.25, 0.3) is 0 Å². The topological polar surface area (TPSA) is 55.2 Å². The molecule has 0 saturated carbocycles. The third-order valence-electron chi connectivity index (χ3n) is 4.96. The predicted molar refractivity (Wildman–Crippen MR) is 106 cm³/mol. The van der Waals surface area contributed by atoms with Crippen LogP contribution in [0.4, 0.5) is 0 Å². The van der Waals surface area contributed by atoms with Crippen molar-refractivity contribution < 1.29 is 4.79 Å². The molecule has 2 aromatic heterocycles. The Kier molecular flexibility index (Phi) is 4.91. The first kappa shape index (κ1) is 17.4. The third kappa shape index (κ3) is 3.46. The van der Waals surface area contributed by atoms with Crippen LogP contribution in [0.5, 0.6) is 0 Å². The van der Waals surface area contributed by atoms with Crippen LogP contribution in [-0.2, 0) is 11.3 Å². The van der Waals surface area contributed by atoms with Crippen LogP contribution in [0.2, 0.25) is 0 Å². The summed E-state index contributed by atoms with van der Waals surface area (Å²) in [5.74, 6) is 0.448. The first-order chi connectivity index (χ1) is 12.6. The first-order valence-electron chi connectivity index (χ1n) is 8.90. The SMILES string of the molecule is Cc1csc(=O)n1CCC(=O)N1CCC[C@@H](c2nc3ccccc3s2)C1. The molecule has 0 radical (unpaired) electrons. The second kappa shape index (κ2) is 7.32. The largest absolute Gasteiger partial charge is 0.342 e. The molecule has 0 bridgehead atoms.